The first kappa shape index (κ1) is 10.8. The van der Waals surface area contributed by atoms with Crippen molar-refractivity contribution in [1.82, 2.24) is 0 Å². The Labute approximate surface area is 72.0 Å². The van der Waals surface area contributed by atoms with E-state index < -0.39 is 0 Å². The van der Waals surface area contributed by atoms with E-state index in [0.29, 0.717) is 5.69 Å². The van der Waals surface area contributed by atoms with Crippen molar-refractivity contribution in [2.24, 2.45) is 0 Å². The first-order valence-electron chi connectivity index (χ1n) is 3.90. The van der Waals surface area contributed by atoms with Crippen LogP contribution in [0.1, 0.15) is 13.8 Å². The number of nitrogens with one attached hydrogen (secondary N) is 1. The van der Waals surface area contributed by atoms with Gasteiger partial charge < -0.3 is 10.4 Å². The van der Waals surface area contributed by atoms with Crippen molar-refractivity contribution in [3.8, 4) is 5.75 Å². The minimum atomic E-state index is -0.359. The molecular formula is C9H14FNO. The molecular weight excluding hydrogens is 157 g/mol. The molecule has 0 aromatic heterocycles. The number of halogens is 1. The van der Waals surface area contributed by atoms with E-state index in [2.05, 4.69) is 5.32 Å². The molecule has 3 heteroatoms. The van der Waals surface area contributed by atoms with Crippen molar-refractivity contribution in [1.29, 1.82) is 0 Å². The Balaban J connectivity index is 0.000000561. The van der Waals surface area contributed by atoms with Gasteiger partial charge in [-0.1, -0.05) is 13.8 Å². The molecule has 12 heavy (non-hydrogen) atoms. The van der Waals surface area contributed by atoms with E-state index in [0.717, 1.165) is 0 Å². The lowest BCUT2D eigenvalue weighted by Crippen LogP contribution is -1.88. The highest BCUT2D eigenvalue weighted by Crippen LogP contribution is 2.22. The third kappa shape index (κ3) is 2.78. The SMILES string of the molecule is CC.CNc1cc(F)ccc1O. The molecule has 0 aliphatic carbocycles. The van der Waals surface area contributed by atoms with E-state index in [-0.39, 0.29) is 11.6 Å². The van der Waals surface area contributed by atoms with Crippen LogP contribution in [0.25, 0.3) is 0 Å². The lowest BCUT2D eigenvalue weighted by molar-refractivity contribution is 0.475. The Kier molecular flexibility index (Phi) is 4.84. The maximum absolute atomic E-state index is 12.4. The Morgan fingerprint density at radius 1 is 1.33 bits per heavy atom. The molecule has 0 heterocycles. The third-order valence-electron chi connectivity index (χ3n) is 1.23. The largest absolute Gasteiger partial charge is 0.506 e. The van der Waals surface area contributed by atoms with Gasteiger partial charge in [0.1, 0.15) is 11.6 Å². The Morgan fingerprint density at radius 2 is 1.92 bits per heavy atom. The van der Waals surface area contributed by atoms with Crippen molar-refractivity contribution in [3.05, 3.63) is 24.0 Å². The fourth-order valence-corrected chi connectivity index (χ4v) is 0.709. The Hall–Kier alpha value is -1.25. The summed E-state index contributed by atoms with van der Waals surface area (Å²) < 4.78 is 12.4. The zero-order chi connectivity index (χ0) is 9.56. The molecule has 1 rings (SSSR count). The van der Waals surface area contributed by atoms with Crippen LogP contribution in [-0.4, -0.2) is 12.2 Å². The van der Waals surface area contributed by atoms with Crippen LogP contribution in [0.4, 0.5) is 10.1 Å². The second-order valence-corrected chi connectivity index (χ2v) is 1.91. The molecule has 0 amide bonds. The summed E-state index contributed by atoms with van der Waals surface area (Å²) in [6.45, 7) is 4.00. The molecule has 2 nitrogen and oxygen atoms in total. The molecule has 2 N–H and O–H groups in total. The fourth-order valence-electron chi connectivity index (χ4n) is 0.709. The summed E-state index contributed by atoms with van der Waals surface area (Å²) in [6, 6.07) is 3.74. The van der Waals surface area contributed by atoms with Crippen LogP contribution in [0.5, 0.6) is 5.75 Å². The lowest BCUT2D eigenvalue weighted by atomic mass is 10.3. The average Bonchev–Trinajstić information content (AvgIpc) is 2.13. The number of aromatic hydroxyl groups is 1. The summed E-state index contributed by atoms with van der Waals surface area (Å²) in [6.07, 6.45) is 0. The first-order chi connectivity index (χ1) is 5.74. The predicted octanol–water partition coefficient (Wildman–Crippen LogP) is 2.60. The van der Waals surface area contributed by atoms with Crippen molar-refractivity contribution in [3.63, 3.8) is 0 Å². The number of phenols is 1. The van der Waals surface area contributed by atoms with E-state index in [4.69, 9.17) is 5.11 Å². The van der Waals surface area contributed by atoms with Gasteiger partial charge >= 0.3 is 0 Å². The standard InChI is InChI=1S/C7H8FNO.C2H6/c1-9-6-4-5(8)2-3-7(6)10;1-2/h2-4,9-10H,1H3;1-2H3. The van der Waals surface area contributed by atoms with Crippen LogP contribution in [0.3, 0.4) is 0 Å². The van der Waals surface area contributed by atoms with Crippen molar-refractivity contribution < 1.29 is 9.50 Å². The van der Waals surface area contributed by atoms with Crippen LogP contribution in [0, 0.1) is 5.82 Å². The topological polar surface area (TPSA) is 32.3 Å². The summed E-state index contributed by atoms with van der Waals surface area (Å²) in [7, 11) is 1.62. The second-order valence-electron chi connectivity index (χ2n) is 1.91. The van der Waals surface area contributed by atoms with E-state index in [9.17, 15) is 4.39 Å². The van der Waals surface area contributed by atoms with Gasteiger partial charge in [-0.2, -0.15) is 0 Å². The summed E-state index contributed by atoms with van der Waals surface area (Å²) in [4.78, 5) is 0. The molecule has 1 aromatic rings. The summed E-state index contributed by atoms with van der Waals surface area (Å²) in [5, 5.41) is 11.7. The van der Waals surface area contributed by atoms with Gasteiger partial charge in [-0.3, -0.25) is 0 Å². The minimum Gasteiger partial charge on any atom is -0.506 e. The number of phenolic OH excluding ortho intramolecular Hbond substituents is 1. The van der Waals surface area contributed by atoms with Crippen LogP contribution >= 0.6 is 0 Å². The number of hydrogen-bond donors (Lipinski definition) is 2. The molecule has 68 valence electrons. The number of hydrogen-bond acceptors (Lipinski definition) is 2. The van der Waals surface area contributed by atoms with Gasteiger partial charge in [0.15, 0.2) is 0 Å². The van der Waals surface area contributed by atoms with Crippen LogP contribution < -0.4 is 5.32 Å². The van der Waals surface area contributed by atoms with Gasteiger partial charge in [0.2, 0.25) is 0 Å². The first-order valence-corrected chi connectivity index (χ1v) is 3.90. The van der Waals surface area contributed by atoms with Crippen LogP contribution in [0.2, 0.25) is 0 Å². The fraction of sp³-hybridized carbons (Fsp3) is 0.333. The maximum atomic E-state index is 12.4. The lowest BCUT2D eigenvalue weighted by Gasteiger charge is -2.01. The second kappa shape index (κ2) is 5.41. The zero-order valence-electron chi connectivity index (χ0n) is 7.56. The molecule has 0 saturated carbocycles. The van der Waals surface area contributed by atoms with Gasteiger partial charge in [-0.25, -0.2) is 4.39 Å². The van der Waals surface area contributed by atoms with E-state index in [1.807, 2.05) is 13.8 Å². The van der Waals surface area contributed by atoms with Crippen LogP contribution in [-0.2, 0) is 0 Å². The molecule has 0 saturated heterocycles. The molecule has 0 atom stereocenters. The molecule has 0 radical (unpaired) electrons. The number of anilines is 1. The normalized spacial score (nSPS) is 8.33. The average molecular weight is 171 g/mol. The Bertz CT molecular complexity index is 238. The maximum Gasteiger partial charge on any atom is 0.138 e. The highest BCUT2D eigenvalue weighted by atomic mass is 19.1. The Morgan fingerprint density at radius 3 is 2.33 bits per heavy atom. The van der Waals surface area contributed by atoms with Gasteiger partial charge in [-0.15, -0.1) is 0 Å². The van der Waals surface area contributed by atoms with Gasteiger partial charge in [-0.05, 0) is 12.1 Å². The quantitative estimate of drug-likeness (QED) is 0.636. The van der Waals surface area contributed by atoms with E-state index in [1.54, 1.807) is 7.05 Å². The van der Waals surface area contributed by atoms with E-state index >= 15 is 0 Å². The zero-order valence-corrected chi connectivity index (χ0v) is 7.56. The van der Waals surface area contributed by atoms with E-state index in [1.165, 1.54) is 18.2 Å². The molecule has 0 unspecified atom stereocenters. The number of rotatable bonds is 1. The van der Waals surface area contributed by atoms with Crippen LogP contribution in [0.15, 0.2) is 18.2 Å². The van der Waals surface area contributed by atoms with Gasteiger partial charge in [0.05, 0.1) is 5.69 Å². The molecule has 0 bridgehead atoms. The highest BCUT2D eigenvalue weighted by Gasteiger charge is 1.98. The summed E-state index contributed by atoms with van der Waals surface area (Å²) in [5.41, 5.74) is 0.403. The monoisotopic (exact) mass is 171 g/mol. The molecule has 0 aliphatic heterocycles. The molecule has 0 fully saturated rings. The number of benzene rings is 1. The molecule has 0 aliphatic rings. The highest BCUT2D eigenvalue weighted by molar-refractivity contribution is 5.54. The van der Waals surface area contributed by atoms with Gasteiger partial charge in [0, 0.05) is 13.1 Å². The predicted molar refractivity (Wildman–Crippen MR) is 49.0 cm³/mol. The van der Waals surface area contributed by atoms with Crippen molar-refractivity contribution >= 4 is 5.69 Å². The molecule has 0 spiro atoms. The van der Waals surface area contributed by atoms with Crippen molar-refractivity contribution in [2.75, 3.05) is 12.4 Å². The molecule has 1 aromatic carbocycles. The minimum absolute atomic E-state index is 0.0592. The third-order valence-corrected chi connectivity index (χ3v) is 1.23. The van der Waals surface area contributed by atoms with Crippen molar-refractivity contribution in [2.45, 2.75) is 13.8 Å². The van der Waals surface area contributed by atoms with Gasteiger partial charge in [0.25, 0.3) is 0 Å². The summed E-state index contributed by atoms with van der Waals surface area (Å²) in [5.74, 6) is -0.300. The summed E-state index contributed by atoms with van der Waals surface area (Å²) >= 11 is 0. The smallest absolute Gasteiger partial charge is 0.138 e.